The predicted octanol–water partition coefficient (Wildman–Crippen LogP) is 2.80. The molecular weight excluding hydrogens is 396 g/mol. The number of amides is 2. The average Bonchev–Trinajstić information content (AvgIpc) is 2.76. The number of nitrogens with one attached hydrogen (secondary N) is 2. The van der Waals surface area contributed by atoms with Gasteiger partial charge in [-0.3, -0.25) is 14.5 Å². The van der Waals surface area contributed by atoms with Crippen molar-refractivity contribution in [3.63, 3.8) is 0 Å². The molecule has 0 atom stereocenters. The lowest BCUT2D eigenvalue weighted by molar-refractivity contribution is -0.117. The van der Waals surface area contributed by atoms with Crippen molar-refractivity contribution in [2.45, 2.75) is 20.3 Å². The molecule has 164 valence electrons. The molecule has 1 aliphatic heterocycles. The van der Waals surface area contributed by atoms with Crippen molar-refractivity contribution in [2.75, 3.05) is 48.3 Å². The van der Waals surface area contributed by atoms with Gasteiger partial charge in [-0.1, -0.05) is 24.6 Å². The van der Waals surface area contributed by atoms with E-state index in [1.807, 2.05) is 37.3 Å². The summed E-state index contributed by atoms with van der Waals surface area (Å²) >= 11 is 0. The number of aryl methyl sites for hydroxylation is 1. The number of piperazine rings is 1. The standard InChI is InChI=1S/C23H28N4O4/c1-3-21(28)25-20-9-8-18(14-19(20)23(30)31)27-12-10-26(11-13-27)15-22(29)24-17-6-4-16(2)5-7-17/h4-9,14H,3,10-13,15H2,1-2H3,(H,24,29)(H,25,28)(H,30,31). The Bertz CT molecular complexity index is 951. The highest BCUT2D eigenvalue weighted by Crippen LogP contribution is 2.25. The van der Waals surface area contributed by atoms with Gasteiger partial charge in [0.15, 0.2) is 0 Å². The number of carboxylic acid groups (broad SMARTS) is 1. The van der Waals surface area contributed by atoms with Crippen LogP contribution in [0.4, 0.5) is 17.1 Å². The molecule has 2 amide bonds. The molecule has 0 aliphatic carbocycles. The van der Waals surface area contributed by atoms with Crippen LogP contribution in [0.15, 0.2) is 42.5 Å². The summed E-state index contributed by atoms with van der Waals surface area (Å²) in [6, 6.07) is 12.7. The number of benzene rings is 2. The zero-order valence-electron chi connectivity index (χ0n) is 17.9. The summed E-state index contributed by atoms with van der Waals surface area (Å²) < 4.78 is 0. The molecule has 2 aromatic carbocycles. The van der Waals surface area contributed by atoms with Crippen molar-refractivity contribution in [3.05, 3.63) is 53.6 Å². The van der Waals surface area contributed by atoms with Crippen LogP contribution in [-0.4, -0.2) is 60.5 Å². The first-order valence-electron chi connectivity index (χ1n) is 10.4. The Kier molecular flexibility index (Phi) is 7.25. The van der Waals surface area contributed by atoms with Gasteiger partial charge in [-0.25, -0.2) is 4.79 Å². The molecule has 3 N–H and O–H groups in total. The third-order valence-electron chi connectivity index (χ3n) is 5.27. The molecule has 8 nitrogen and oxygen atoms in total. The Hall–Kier alpha value is -3.39. The molecule has 3 rings (SSSR count). The van der Waals surface area contributed by atoms with Gasteiger partial charge in [-0.15, -0.1) is 0 Å². The summed E-state index contributed by atoms with van der Waals surface area (Å²) in [5.74, 6) is -1.37. The van der Waals surface area contributed by atoms with E-state index < -0.39 is 5.97 Å². The smallest absolute Gasteiger partial charge is 0.337 e. The van der Waals surface area contributed by atoms with Gasteiger partial charge in [0, 0.05) is 44.0 Å². The fourth-order valence-electron chi connectivity index (χ4n) is 3.46. The first-order chi connectivity index (χ1) is 14.9. The van der Waals surface area contributed by atoms with Gasteiger partial charge in [0.05, 0.1) is 17.8 Å². The van der Waals surface area contributed by atoms with Crippen LogP contribution < -0.4 is 15.5 Å². The van der Waals surface area contributed by atoms with E-state index in [-0.39, 0.29) is 23.8 Å². The Morgan fingerprint density at radius 2 is 1.61 bits per heavy atom. The maximum atomic E-state index is 12.3. The van der Waals surface area contributed by atoms with Gasteiger partial charge in [0.1, 0.15) is 0 Å². The normalized spacial score (nSPS) is 14.2. The van der Waals surface area contributed by atoms with Gasteiger partial charge >= 0.3 is 5.97 Å². The molecule has 1 fully saturated rings. The minimum atomic E-state index is -1.08. The Balaban J connectivity index is 1.56. The second-order valence-electron chi connectivity index (χ2n) is 7.61. The van der Waals surface area contributed by atoms with E-state index in [4.69, 9.17) is 0 Å². The van der Waals surface area contributed by atoms with Crippen LogP contribution in [0.1, 0.15) is 29.3 Å². The number of nitrogens with zero attached hydrogens (tertiary/aromatic N) is 2. The van der Waals surface area contributed by atoms with E-state index in [9.17, 15) is 19.5 Å². The van der Waals surface area contributed by atoms with Gasteiger partial charge in [-0.2, -0.15) is 0 Å². The maximum Gasteiger partial charge on any atom is 0.337 e. The van der Waals surface area contributed by atoms with E-state index in [0.717, 1.165) is 16.9 Å². The number of carbonyl (C=O) groups is 3. The summed E-state index contributed by atoms with van der Waals surface area (Å²) in [4.78, 5) is 39.8. The molecule has 8 heteroatoms. The van der Waals surface area contributed by atoms with E-state index in [0.29, 0.717) is 38.4 Å². The Labute approximate surface area is 181 Å². The minimum absolute atomic E-state index is 0.0542. The quantitative estimate of drug-likeness (QED) is 0.632. The number of aromatic carboxylic acids is 1. The van der Waals surface area contributed by atoms with Crippen molar-refractivity contribution >= 4 is 34.8 Å². The summed E-state index contributed by atoms with van der Waals surface area (Å²) in [5.41, 5.74) is 3.08. The van der Waals surface area contributed by atoms with Crippen LogP contribution >= 0.6 is 0 Å². The van der Waals surface area contributed by atoms with E-state index in [2.05, 4.69) is 20.4 Å². The SMILES string of the molecule is CCC(=O)Nc1ccc(N2CCN(CC(=O)Nc3ccc(C)cc3)CC2)cc1C(=O)O. The van der Waals surface area contributed by atoms with Crippen molar-refractivity contribution < 1.29 is 19.5 Å². The third kappa shape index (κ3) is 6.05. The van der Waals surface area contributed by atoms with Crippen LogP contribution in [0, 0.1) is 6.92 Å². The van der Waals surface area contributed by atoms with Crippen LogP contribution in [0.5, 0.6) is 0 Å². The first kappa shape index (κ1) is 22.3. The van der Waals surface area contributed by atoms with Gasteiger partial charge in [0.2, 0.25) is 11.8 Å². The molecule has 1 aliphatic rings. The molecular formula is C23H28N4O4. The van der Waals surface area contributed by atoms with Crippen LogP contribution in [0.25, 0.3) is 0 Å². The molecule has 0 spiro atoms. The molecule has 31 heavy (non-hydrogen) atoms. The van der Waals surface area contributed by atoms with Crippen molar-refractivity contribution in [1.29, 1.82) is 0 Å². The van der Waals surface area contributed by atoms with Gasteiger partial charge < -0.3 is 20.6 Å². The highest BCUT2D eigenvalue weighted by molar-refractivity contribution is 6.01. The molecule has 1 saturated heterocycles. The monoisotopic (exact) mass is 424 g/mol. The average molecular weight is 425 g/mol. The fourth-order valence-corrected chi connectivity index (χ4v) is 3.46. The number of hydrogen-bond acceptors (Lipinski definition) is 5. The molecule has 0 unspecified atom stereocenters. The van der Waals surface area contributed by atoms with E-state index >= 15 is 0 Å². The molecule has 0 aromatic heterocycles. The van der Waals surface area contributed by atoms with E-state index in [1.165, 1.54) is 0 Å². The largest absolute Gasteiger partial charge is 0.478 e. The molecule has 0 bridgehead atoms. The number of rotatable bonds is 7. The molecule has 0 saturated carbocycles. The lowest BCUT2D eigenvalue weighted by atomic mass is 10.1. The summed E-state index contributed by atoms with van der Waals surface area (Å²) in [6.07, 6.45) is 0.278. The lowest BCUT2D eigenvalue weighted by Gasteiger charge is -2.36. The first-order valence-corrected chi connectivity index (χ1v) is 10.4. The zero-order chi connectivity index (χ0) is 22.4. The lowest BCUT2D eigenvalue weighted by Crippen LogP contribution is -2.48. The Morgan fingerprint density at radius 1 is 0.935 bits per heavy atom. The highest BCUT2D eigenvalue weighted by atomic mass is 16.4. The minimum Gasteiger partial charge on any atom is -0.478 e. The zero-order valence-corrected chi connectivity index (χ0v) is 17.9. The Morgan fingerprint density at radius 3 is 2.23 bits per heavy atom. The van der Waals surface area contributed by atoms with Crippen molar-refractivity contribution in [3.8, 4) is 0 Å². The topological polar surface area (TPSA) is 102 Å². The maximum absolute atomic E-state index is 12.3. The third-order valence-corrected chi connectivity index (χ3v) is 5.27. The summed E-state index contributed by atoms with van der Waals surface area (Å²) in [6.45, 7) is 6.76. The van der Waals surface area contributed by atoms with Crippen LogP contribution in [-0.2, 0) is 9.59 Å². The number of hydrogen-bond donors (Lipinski definition) is 3. The summed E-state index contributed by atoms with van der Waals surface area (Å²) in [5, 5.41) is 15.1. The van der Waals surface area contributed by atoms with Crippen LogP contribution in [0.2, 0.25) is 0 Å². The van der Waals surface area contributed by atoms with E-state index in [1.54, 1.807) is 19.1 Å². The van der Waals surface area contributed by atoms with Gasteiger partial charge in [0.25, 0.3) is 0 Å². The van der Waals surface area contributed by atoms with Crippen molar-refractivity contribution in [1.82, 2.24) is 4.90 Å². The molecule has 2 aromatic rings. The highest BCUT2D eigenvalue weighted by Gasteiger charge is 2.21. The molecule has 0 radical (unpaired) electrons. The van der Waals surface area contributed by atoms with Gasteiger partial charge in [-0.05, 0) is 37.3 Å². The number of anilines is 3. The van der Waals surface area contributed by atoms with Crippen molar-refractivity contribution in [2.24, 2.45) is 0 Å². The molecule has 1 heterocycles. The fraction of sp³-hybridized carbons (Fsp3) is 0.348. The summed E-state index contributed by atoms with van der Waals surface area (Å²) in [7, 11) is 0. The second kappa shape index (κ2) is 10.1. The number of carbonyl (C=O) groups excluding carboxylic acids is 2. The predicted molar refractivity (Wildman–Crippen MR) is 121 cm³/mol. The second-order valence-corrected chi connectivity index (χ2v) is 7.61. The number of carboxylic acids is 1. The van der Waals surface area contributed by atoms with Crippen LogP contribution in [0.3, 0.4) is 0 Å².